The predicted octanol–water partition coefficient (Wildman–Crippen LogP) is 2.56. The van der Waals surface area contributed by atoms with Crippen LogP contribution in [0.4, 0.5) is 10.5 Å². The second kappa shape index (κ2) is 6.86. The minimum Gasteiger partial charge on any atom is -0.336 e. The Bertz CT molecular complexity index is 789. The fraction of sp³-hybridized carbons (Fsp3) is 0.389. The van der Waals surface area contributed by atoms with Gasteiger partial charge in [-0.3, -0.25) is 4.79 Å². The van der Waals surface area contributed by atoms with E-state index >= 15 is 0 Å². The summed E-state index contributed by atoms with van der Waals surface area (Å²) in [5.41, 5.74) is 3.78. The Kier molecular flexibility index (Phi) is 4.64. The molecule has 2 amide bonds. The van der Waals surface area contributed by atoms with E-state index in [1.54, 1.807) is 12.1 Å². The number of aryl methyl sites for hydroxylation is 2. The molecule has 126 valence electrons. The molecule has 0 bridgehead atoms. The molecule has 6 heteroatoms. The summed E-state index contributed by atoms with van der Waals surface area (Å²) < 4.78 is 1.42. The molecule has 0 saturated heterocycles. The van der Waals surface area contributed by atoms with Crippen molar-refractivity contribution in [2.45, 2.75) is 39.2 Å². The quantitative estimate of drug-likeness (QED) is 0.886. The molecule has 0 atom stereocenters. The molecule has 2 aromatic rings. The average molecular weight is 326 g/mol. The highest BCUT2D eigenvalue weighted by Gasteiger charge is 2.25. The zero-order chi connectivity index (χ0) is 17.1. The Morgan fingerprint density at radius 2 is 1.92 bits per heavy atom. The molecule has 1 heterocycles. The van der Waals surface area contributed by atoms with Gasteiger partial charge in [0.1, 0.15) is 0 Å². The van der Waals surface area contributed by atoms with Gasteiger partial charge in [-0.05, 0) is 56.0 Å². The van der Waals surface area contributed by atoms with Crippen molar-refractivity contribution in [3.63, 3.8) is 0 Å². The summed E-state index contributed by atoms with van der Waals surface area (Å²) in [4.78, 5) is 23.8. The number of urea groups is 1. The van der Waals surface area contributed by atoms with Crippen LogP contribution in [-0.2, 0) is 6.54 Å². The van der Waals surface area contributed by atoms with Gasteiger partial charge in [0.05, 0.1) is 12.2 Å². The Hall–Kier alpha value is -2.63. The number of rotatable bonds is 5. The van der Waals surface area contributed by atoms with E-state index in [-0.39, 0.29) is 11.6 Å². The molecule has 24 heavy (non-hydrogen) atoms. The summed E-state index contributed by atoms with van der Waals surface area (Å²) in [6, 6.07) is 8.95. The summed E-state index contributed by atoms with van der Waals surface area (Å²) in [5, 5.41) is 9.94. The lowest BCUT2D eigenvalue weighted by Gasteiger charge is -2.10. The maximum atomic E-state index is 12.0. The van der Waals surface area contributed by atoms with Gasteiger partial charge in [0.25, 0.3) is 5.56 Å². The molecule has 1 fully saturated rings. The van der Waals surface area contributed by atoms with Gasteiger partial charge in [0.15, 0.2) is 0 Å². The summed E-state index contributed by atoms with van der Waals surface area (Å²) in [5.74, 6) is 0.498. The number of hydrogen-bond acceptors (Lipinski definition) is 3. The van der Waals surface area contributed by atoms with Gasteiger partial charge in [0, 0.05) is 24.2 Å². The van der Waals surface area contributed by atoms with Crippen LogP contribution < -0.4 is 16.2 Å². The lowest BCUT2D eigenvalue weighted by molar-refractivity contribution is 0.251. The van der Waals surface area contributed by atoms with Crippen molar-refractivity contribution < 1.29 is 4.79 Å². The smallest absolute Gasteiger partial charge is 0.319 e. The highest BCUT2D eigenvalue weighted by atomic mass is 16.2. The van der Waals surface area contributed by atoms with Crippen LogP contribution >= 0.6 is 0 Å². The maximum absolute atomic E-state index is 12.0. The summed E-state index contributed by atoms with van der Waals surface area (Å²) in [6.45, 7) is 4.68. The molecule has 2 N–H and O–H groups in total. The van der Waals surface area contributed by atoms with Crippen LogP contribution in [0, 0.1) is 13.8 Å². The van der Waals surface area contributed by atoms with E-state index in [1.807, 2.05) is 32.0 Å². The van der Waals surface area contributed by atoms with Crippen LogP contribution in [0.15, 0.2) is 35.1 Å². The van der Waals surface area contributed by atoms with Crippen LogP contribution in [0.2, 0.25) is 0 Å². The number of benzene rings is 1. The summed E-state index contributed by atoms with van der Waals surface area (Å²) in [6.07, 6.45) is 2.28. The number of amides is 2. The Labute approximate surface area is 140 Å². The SMILES string of the molecule is Cc1cc(C)cc(NC(=O)NCCn2nc(C3CC3)ccc2=O)c1. The normalized spacial score (nSPS) is 13.6. The first-order valence-electron chi connectivity index (χ1n) is 8.22. The largest absolute Gasteiger partial charge is 0.336 e. The Morgan fingerprint density at radius 3 is 2.58 bits per heavy atom. The predicted molar refractivity (Wildman–Crippen MR) is 93.4 cm³/mol. The molecule has 6 nitrogen and oxygen atoms in total. The zero-order valence-corrected chi connectivity index (χ0v) is 14.0. The Morgan fingerprint density at radius 1 is 1.21 bits per heavy atom. The molecule has 0 spiro atoms. The van der Waals surface area contributed by atoms with Crippen LogP contribution in [0.25, 0.3) is 0 Å². The number of aromatic nitrogens is 2. The minimum atomic E-state index is -0.286. The lowest BCUT2D eigenvalue weighted by Crippen LogP contribution is -2.34. The Balaban J connectivity index is 1.53. The average Bonchev–Trinajstić information content (AvgIpc) is 3.32. The van der Waals surface area contributed by atoms with Crippen molar-refractivity contribution in [1.82, 2.24) is 15.1 Å². The van der Waals surface area contributed by atoms with E-state index in [0.29, 0.717) is 19.0 Å². The van der Waals surface area contributed by atoms with Crippen molar-refractivity contribution in [2.24, 2.45) is 0 Å². The van der Waals surface area contributed by atoms with Gasteiger partial charge in [0.2, 0.25) is 0 Å². The number of nitrogens with zero attached hydrogens (tertiary/aromatic N) is 2. The van der Waals surface area contributed by atoms with Crippen LogP contribution in [0.3, 0.4) is 0 Å². The molecular weight excluding hydrogens is 304 g/mol. The highest BCUT2D eigenvalue weighted by molar-refractivity contribution is 5.89. The highest BCUT2D eigenvalue weighted by Crippen LogP contribution is 2.38. The van der Waals surface area contributed by atoms with Gasteiger partial charge in [-0.15, -0.1) is 0 Å². The monoisotopic (exact) mass is 326 g/mol. The van der Waals surface area contributed by atoms with Crippen molar-refractivity contribution >= 4 is 11.7 Å². The van der Waals surface area contributed by atoms with Crippen molar-refractivity contribution in [3.8, 4) is 0 Å². The van der Waals surface area contributed by atoms with Crippen molar-refractivity contribution in [3.05, 3.63) is 57.5 Å². The molecular formula is C18H22N4O2. The lowest BCUT2D eigenvalue weighted by atomic mass is 10.1. The van der Waals surface area contributed by atoms with Gasteiger partial charge in [-0.2, -0.15) is 5.10 Å². The summed E-state index contributed by atoms with van der Waals surface area (Å²) >= 11 is 0. The number of carbonyl (C=O) groups excluding carboxylic acids is 1. The number of carbonyl (C=O) groups is 1. The first kappa shape index (κ1) is 16.2. The maximum Gasteiger partial charge on any atom is 0.319 e. The second-order valence-corrected chi connectivity index (χ2v) is 6.35. The number of hydrogen-bond donors (Lipinski definition) is 2. The first-order valence-corrected chi connectivity index (χ1v) is 8.22. The first-order chi connectivity index (χ1) is 11.5. The summed E-state index contributed by atoms with van der Waals surface area (Å²) in [7, 11) is 0. The van der Waals surface area contributed by atoms with Crippen LogP contribution in [0.1, 0.15) is 35.6 Å². The van der Waals surface area contributed by atoms with Gasteiger partial charge in [-0.25, -0.2) is 9.48 Å². The van der Waals surface area contributed by atoms with Gasteiger partial charge < -0.3 is 10.6 Å². The number of nitrogens with one attached hydrogen (secondary N) is 2. The third-order valence-corrected chi connectivity index (χ3v) is 3.97. The number of anilines is 1. The molecule has 0 aliphatic heterocycles. The fourth-order valence-electron chi connectivity index (χ4n) is 2.72. The van der Waals surface area contributed by atoms with E-state index in [9.17, 15) is 9.59 Å². The molecule has 0 unspecified atom stereocenters. The third kappa shape index (κ3) is 4.22. The molecule has 3 rings (SSSR count). The van der Waals surface area contributed by atoms with Crippen LogP contribution in [-0.4, -0.2) is 22.4 Å². The van der Waals surface area contributed by atoms with Crippen molar-refractivity contribution in [1.29, 1.82) is 0 Å². The second-order valence-electron chi connectivity index (χ2n) is 6.35. The van der Waals surface area contributed by atoms with Gasteiger partial charge >= 0.3 is 6.03 Å². The van der Waals surface area contributed by atoms with E-state index < -0.39 is 0 Å². The van der Waals surface area contributed by atoms with E-state index in [2.05, 4.69) is 15.7 Å². The molecule has 0 radical (unpaired) electrons. The third-order valence-electron chi connectivity index (χ3n) is 3.97. The molecule has 1 aromatic heterocycles. The van der Waals surface area contributed by atoms with Crippen molar-refractivity contribution in [2.75, 3.05) is 11.9 Å². The minimum absolute atomic E-state index is 0.143. The van der Waals surface area contributed by atoms with Gasteiger partial charge in [-0.1, -0.05) is 6.07 Å². The zero-order valence-electron chi connectivity index (χ0n) is 14.0. The molecule has 1 saturated carbocycles. The molecule has 1 aliphatic rings. The van der Waals surface area contributed by atoms with E-state index in [0.717, 1.165) is 35.3 Å². The van der Waals surface area contributed by atoms with E-state index in [4.69, 9.17) is 0 Å². The van der Waals surface area contributed by atoms with Crippen LogP contribution in [0.5, 0.6) is 0 Å². The molecule has 1 aromatic carbocycles. The standard InChI is InChI=1S/C18H22N4O2/c1-12-9-13(2)11-15(10-12)20-18(24)19-7-8-22-17(23)6-5-16(21-22)14-3-4-14/h5-6,9-11,14H,3-4,7-8H2,1-2H3,(H2,19,20,24). The fourth-order valence-corrected chi connectivity index (χ4v) is 2.72. The molecule has 1 aliphatic carbocycles. The topological polar surface area (TPSA) is 76.0 Å². The van der Waals surface area contributed by atoms with E-state index in [1.165, 1.54) is 4.68 Å².